The van der Waals surface area contributed by atoms with Gasteiger partial charge in [-0.15, -0.1) is 0 Å². The Hall–Kier alpha value is -2.21. The largest absolute Gasteiger partial charge is 0.395 e. The molecule has 1 aromatic heterocycles. The van der Waals surface area contributed by atoms with Gasteiger partial charge >= 0.3 is 0 Å². The summed E-state index contributed by atoms with van der Waals surface area (Å²) in [5.41, 5.74) is 0.571. The molecule has 0 atom stereocenters. The second-order valence-corrected chi connectivity index (χ2v) is 9.65. The molecule has 4 rings (SSSR count). The van der Waals surface area contributed by atoms with E-state index in [2.05, 4.69) is 26.9 Å². The fourth-order valence-electron chi connectivity index (χ4n) is 4.56. The highest BCUT2D eigenvalue weighted by Gasteiger charge is 2.29. The molecule has 10 nitrogen and oxygen atoms in total. The molecule has 3 aliphatic rings. The topological polar surface area (TPSA) is 105 Å². The van der Waals surface area contributed by atoms with Gasteiger partial charge in [0.25, 0.3) is 11.1 Å². The highest BCUT2D eigenvalue weighted by Crippen LogP contribution is 2.27. The van der Waals surface area contributed by atoms with Gasteiger partial charge in [0.2, 0.25) is 5.95 Å². The van der Waals surface area contributed by atoms with Gasteiger partial charge in [-0.25, -0.2) is 4.98 Å². The fraction of sp³-hybridized carbons (Fsp3) is 0.636. The molecule has 0 bridgehead atoms. The van der Waals surface area contributed by atoms with Crippen LogP contribution in [0.25, 0.3) is 6.08 Å². The molecule has 180 valence electrons. The summed E-state index contributed by atoms with van der Waals surface area (Å²) in [5, 5.41) is 11.3. The molecule has 0 spiro atoms. The Morgan fingerprint density at radius 2 is 1.91 bits per heavy atom. The molecule has 0 unspecified atom stereocenters. The first kappa shape index (κ1) is 23.9. The number of thioether (sulfide) groups is 1. The van der Waals surface area contributed by atoms with Crippen LogP contribution in [0.1, 0.15) is 25.5 Å². The summed E-state index contributed by atoms with van der Waals surface area (Å²) in [6.45, 7) is 9.78. The number of nitrogens with one attached hydrogen (secondary N) is 1. The van der Waals surface area contributed by atoms with E-state index < -0.39 is 5.91 Å². The number of carbonyl (C=O) groups is 2. The maximum atomic E-state index is 12.0. The van der Waals surface area contributed by atoms with Crippen LogP contribution >= 0.6 is 11.8 Å². The van der Waals surface area contributed by atoms with Crippen LogP contribution in [-0.2, 0) is 4.79 Å². The molecule has 2 N–H and O–H groups in total. The van der Waals surface area contributed by atoms with Gasteiger partial charge in [0, 0.05) is 51.9 Å². The van der Waals surface area contributed by atoms with Crippen molar-refractivity contribution in [2.45, 2.75) is 25.8 Å². The lowest BCUT2D eigenvalue weighted by Gasteiger charge is -2.42. The summed E-state index contributed by atoms with van der Waals surface area (Å²) >= 11 is 0.876. The minimum Gasteiger partial charge on any atom is -0.395 e. The van der Waals surface area contributed by atoms with Gasteiger partial charge in [0.1, 0.15) is 5.82 Å². The van der Waals surface area contributed by atoms with Crippen LogP contribution in [0.2, 0.25) is 0 Å². The normalized spacial score (nSPS) is 22.3. The zero-order valence-electron chi connectivity index (χ0n) is 19.4. The standard InChI is InChI=1S/C22H33N7O3S/c1-3-27-6-4-17(5-7-27)28-8-10-29(11-9-28)21-23-16(14-18-20(31)25-22(32)33-18)15-19(24-21)26(2)12-13-30/h14-15,17,30H,3-13H2,1-2H3,(H,25,31,32)/b18-14+. The molecular formula is C22H33N7O3S. The fourth-order valence-corrected chi connectivity index (χ4v) is 5.23. The van der Waals surface area contributed by atoms with Crippen molar-refractivity contribution >= 4 is 40.8 Å². The lowest BCUT2D eigenvalue weighted by atomic mass is 10.0. The van der Waals surface area contributed by atoms with E-state index in [1.54, 1.807) is 12.1 Å². The molecule has 4 heterocycles. The molecule has 3 fully saturated rings. The predicted molar refractivity (Wildman–Crippen MR) is 130 cm³/mol. The highest BCUT2D eigenvalue weighted by atomic mass is 32.2. The molecule has 33 heavy (non-hydrogen) atoms. The number of nitrogens with zero attached hydrogens (tertiary/aromatic N) is 6. The number of carbonyl (C=O) groups excluding carboxylic acids is 2. The van der Waals surface area contributed by atoms with E-state index in [0.29, 0.717) is 35.0 Å². The number of likely N-dealkylation sites (N-methyl/N-ethyl adjacent to an activating group) is 1. The van der Waals surface area contributed by atoms with Gasteiger partial charge in [-0.2, -0.15) is 4.98 Å². The maximum absolute atomic E-state index is 12.0. The molecule has 11 heteroatoms. The van der Waals surface area contributed by atoms with Gasteiger partial charge in [0.15, 0.2) is 0 Å². The summed E-state index contributed by atoms with van der Waals surface area (Å²) in [6, 6.07) is 2.43. The van der Waals surface area contributed by atoms with Crippen LogP contribution in [0.5, 0.6) is 0 Å². The summed E-state index contributed by atoms with van der Waals surface area (Å²) < 4.78 is 0. The second kappa shape index (κ2) is 10.8. The van der Waals surface area contributed by atoms with E-state index >= 15 is 0 Å². The molecule has 2 amide bonds. The third-order valence-electron chi connectivity index (χ3n) is 6.59. The number of anilines is 2. The smallest absolute Gasteiger partial charge is 0.290 e. The Labute approximate surface area is 199 Å². The van der Waals surface area contributed by atoms with E-state index in [0.717, 1.165) is 44.5 Å². The van der Waals surface area contributed by atoms with Gasteiger partial charge < -0.3 is 19.8 Å². The Morgan fingerprint density at radius 1 is 1.18 bits per heavy atom. The van der Waals surface area contributed by atoms with Crippen LogP contribution in [0.15, 0.2) is 11.0 Å². The van der Waals surface area contributed by atoms with Crippen molar-refractivity contribution in [3.63, 3.8) is 0 Å². The van der Waals surface area contributed by atoms with Crippen LogP contribution in [0, 0.1) is 0 Å². The Kier molecular flexibility index (Phi) is 7.84. The Morgan fingerprint density at radius 3 is 2.52 bits per heavy atom. The molecule has 0 aromatic carbocycles. The summed E-state index contributed by atoms with van der Waals surface area (Å²) in [4.78, 5) is 42.4. The zero-order chi connectivity index (χ0) is 23.4. The van der Waals surface area contributed by atoms with E-state index in [4.69, 9.17) is 9.97 Å². The quantitative estimate of drug-likeness (QED) is 0.551. The number of aliphatic hydroxyl groups excluding tert-OH is 1. The number of hydrogen-bond donors (Lipinski definition) is 2. The van der Waals surface area contributed by atoms with Crippen LogP contribution in [0.4, 0.5) is 16.6 Å². The van der Waals surface area contributed by atoms with Crippen molar-refractivity contribution in [1.29, 1.82) is 0 Å². The van der Waals surface area contributed by atoms with Crippen LogP contribution in [-0.4, -0.2) is 108 Å². The zero-order valence-corrected chi connectivity index (χ0v) is 20.2. The van der Waals surface area contributed by atoms with Gasteiger partial charge in [-0.1, -0.05) is 6.92 Å². The van der Waals surface area contributed by atoms with Crippen LogP contribution in [0.3, 0.4) is 0 Å². The van der Waals surface area contributed by atoms with Crippen molar-refractivity contribution in [3.05, 3.63) is 16.7 Å². The number of aliphatic hydroxyl groups is 1. The van der Waals surface area contributed by atoms with Gasteiger partial charge in [-0.3, -0.25) is 19.8 Å². The van der Waals surface area contributed by atoms with E-state index in [-0.39, 0.29) is 11.8 Å². The molecular weight excluding hydrogens is 442 g/mol. The number of likely N-dealkylation sites (tertiary alicyclic amines) is 1. The number of imide groups is 1. The maximum Gasteiger partial charge on any atom is 0.290 e. The predicted octanol–water partition coefficient (Wildman–Crippen LogP) is 0.835. The van der Waals surface area contributed by atoms with Crippen LogP contribution < -0.4 is 15.1 Å². The third-order valence-corrected chi connectivity index (χ3v) is 7.40. The van der Waals surface area contributed by atoms with Crippen molar-refractivity contribution in [2.75, 3.05) is 75.8 Å². The third kappa shape index (κ3) is 5.84. The molecule has 0 aliphatic carbocycles. The molecule has 0 saturated carbocycles. The molecule has 3 aliphatic heterocycles. The van der Waals surface area contributed by atoms with E-state index in [1.807, 2.05) is 11.9 Å². The minimum atomic E-state index is -0.404. The summed E-state index contributed by atoms with van der Waals surface area (Å²) in [6.07, 6.45) is 4.08. The lowest BCUT2D eigenvalue weighted by Crippen LogP contribution is -2.53. The number of amides is 2. The van der Waals surface area contributed by atoms with Gasteiger partial charge in [-0.05, 0) is 50.3 Å². The minimum absolute atomic E-state index is 0.00847. The average molecular weight is 476 g/mol. The Bertz CT molecular complexity index is 896. The first-order chi connectivity index (χ1) is 16.0. The van der Waals surface area contributed by atoms with E-state index in [9.17, 15) is 14.7 Å². The van der Waals surface area contributed by atoms with Crippen molar-refractivity contribution in [3.8, 4) is 0 Å². The second-order valence-electron chi connectivity index (χ2n) is 8.64. The lowest BCUT2D eigenvalue weighted by molar-refractivity contribution is -0.115. The molecule has 1 aromatic rings. The molecule has 3 saturated heterocycles. The monoisotopic (exact) mass is 475 g/mol. The number of aromatic nitrogens is 2. The summed E-state index contributed by atoms with van der Waals surface area (Å²) in [5.74, 6) is 0.877. The van der Waals surface area contributed by atoms with Crippen molar-refractivity contribution in [2.24, 2.45) is 0 Å². The first-order valence-electron chi connectivity index (χ1n) is 11.6. The highest BCUT2D eigenvalue weighted by molar-refractivity contribution is 8.18. The first-order valence-corrected chi connectivity index (χ1v) is 12.5. The number of hydrogen-bond acceptors (Lipinski definition) is 10. The Balaban J connectivity index is 1.48. The number of piperidine rings is 1. The van der Waals surface area contributed by atoms with Crippen molar-refractivity contribution in [1.82, 2.24) is 25.1 Å². The van der Waals surface area contributed by atoms with Gasteiger partial charge in [0.05, 0.1) is 17.2 Å². The number of rotatable bonds is 7. The number of piperazine rings is 1. The van der Waals surface area contributed by atoms with E-state index in [1.165, 1.54) is 25.9 Å². The SMILES string of the molecule is CCN1CCC(N2CCN(c3nc(/C=C4/SC(=O)NC4=O)cc(N(C)CCO)n3)CC2)CC1. The van der Waals surface area contributed by atoms with Crippen molar-refractivity contribution < 1.29 is 14.7 Å². The molecule has 0 radical (unpaired) electrons. The summed E-state index contributed by atoms with van der Waals surface area (Å²) in [7, 11) is 1.86. The average Bonchev–Trinajstić information content (AvgIpc) is 3.15.